The standard InChI is InChI=1S/C14H26N2O/c1-16-9-7-14(11-16)13(15-8-10-17-14)12-5-3-2-4-6-12/h12-13,15H,2-11H2,1H3. The number of nitrogens with zero attached hydrogens (tertiary/aromatic N) is 1. The molecule has 3 rings (SSSR count). The lowest BCUT2D eigenvalue weighted by atomic mass is 9.75. The van der Waals surface area contributed by atoms with Crippen LogP contribution in [0.1, 0.15) is 38.5 Å². The lowest BCUT2D eigenvalue weighted by molar-refractivity contribution is -0.105. The van der Waals surface area contributed by atoms with Crippen molar-refractivity contribution in [1.29, 1.82) is 0 Å². The zero-order valence-electron chi connectivity index (χ0n) is 11.1. The third-order valence-corrected chi connectivity index (χ3v) is 5.00. The molecule has 0 aromatic heterocycles. The maximum absolute atomic E-state index is 6.26. The quantitative estimate of drug-likeness (QED) is 0.751. The fourth-order valence-electron chi connectivity index (χ4n) is 4.18. The second kappa shape index (κ2) is 4.87. The molecule has 3 nitrogen and oxygen atoms in total. The van der Waals surface area contributed by atoms with Crippen LogP contribution in [0.3, 0.4) is 0 Å². The predicted octanol–water partition coefficient (Wildman–Crippen LogP) is 1.63. The zero-order valence-corrected chi connectivity index (χ0v) is 11.1. The number of nitrogens with one attached hydrogen (secondary N) is 1. The molecule has 0 radical (unpaired) electrons. The Hall–Kier alpha value is -0.120. The Labute approximate surface area is 105 Å². The van der Waals surface area contributed by atoms with Gasteiger partial charge in [-0.25, -0.2) is 0 Å². The molecule has 2 unspecified atom stereocenters. The summed E-state index contributed by atoms with van der Waals surface area (Å²) in [6, 6.07) is 0.612. The third kappa shape index (κ3) is 2.25. The van der Waals surface area contributed by atoms with Crippen LogP contribution in [0, 0.1) is 5.92 Å². The third-order valence-electron chi connectivity index (χ3n) is 5.00. The molecule has 1 aliphatic carbocycles. The van der Waals surface area contributed by atoms with E-state index in [4.69, 9.17) is 4.74 Å². The summed E-state index contributed by atoms with van der Waals surface area (Å²) < 4.78 is 6.26. The first-order chi connectivity index (χ1) is 8.30. The molecule has 0 aromatic carbocycles. The molecule has 3 heteroatoms. The summed E-state index contributed by atoms with van der Waals surface area (Å²) in [4.78, 5) is 2.43. The van der Waals surface area contributed by atoms with Crippen molar-refractivity contribution >= 4 is 0 Å². The van der Waals surface area contributed by atoms with Gasteiger partial charge in [-0.1, -0.05) is 19.3 Å². The molecule has 2 saturated heterocycles. The van der Waals surface area contributed by atoms with Crippen molar-refractivity contribution < 1.29 is 4.74 Å². The molecule has 3 aliphatic rings. The molecule has 2 atom stereocenters. The summed E-state index contributed by atoms with van der Waals surface area (Å²) in [5.41, 5.74) is 0.134. The van der Waals surface area contributed by atoms with Crippen molar-refractivity contribution in [3.63, 3.8) is 0 Å². The first-order valence-corrected chi connectivity index (χ1v) is 7.36. The topological polar surface area (TPSA) is 24.5 Å². The van der Waals surface area contributed by atoms with Crippen LogP contribution < -0.4 is 5.32 Å². The van der Waals surface area contributed by atoms with E-state index in [9.17, 15) is 0 Å². The van der Waals surface area contributed by atoms with Gasteiger partial charge in [0.15, 0.2) is 0 Å². The predicted molar refractivity (Wildman–Crippen MR) is 69.2 cm³/mol. The van der Waals surface area contributed by atoms with Gasteiger partial charge in [-0.05, 0) is 32.2 Å². The molecule has 1 saturated carbocycles. The minimum Gasteiger partial charge on any atom is -0.371 e. The van der Waals surface area contributed by atoms with Crippen molar-refractivity contribution in [2.24, 2.45) is 5.92 Å². The van der Waals surface area contributed by atoms with Gasteiger partial charge in [-0.15, -0.1) is 0 Å². The lowest BCUT2D eigenvalue weighted by Gasteiger charge is -2.46. The highest BCUT2D eigenvalue weighted by atomic mass is 16.5. The summed E-state index contributed by atoms with van der Waals surface area (Å²) in [7, 11) is 2.23. The molecule has 1 spiro atoms. The van der Waals surface area contributed by atoms with Gasteiger partial charge in [-0.2, -0.15) is 0 Å². The first kappa shape index (κ1) is 11.9. The Balaban J connectivity index is 1.75. The number of ether oxygens (including phenoxy) is 1. The fourth-order valence-corrected chi connectivity index (χ4v) is 4.18. The normalized spacial score (nSPS) is 41.1. The first-order valence-electron chi connectivity index (χ1n) is 7.36. The van der Waals surface area contributed by atoms with Crippen molar-refractivity contribution in [2.45, 2.75) is 50.2 Å². The molecule has 2 aliphatic heterocycles. The monoisotopic (exact) mass is 238 g/mol. The number of morpholine rings is 1. The van der Waals surface area contributed by atoms with E-state index in [1.165, 1.54) is 45.1 Å². The number of likely N-dealkylation sites (N-methyl/N-ethyl adjacent to an activating group) is 1. The van der Waals surface area contributed by atoms with Crippen LogP contribution in [0.25, 0.3) is 0 Å². The van der Waals surface area contributed by atoms with E-state index in [-0.39, 0.29) is 5.60 Å². The van der Waals surface area contributed by atoms with Crippen LogP contribution in [0.2, 0.25) is 0 Å². The average molecular weight is 238 g/mol. The van der Waals surface area contributed by atoms with E-state index < -0.39 is 0 Å². The molecule has 2 heterocycles. The highest BCUT2D eigenvalue weighted by Gasteiger charge is 2.49. The van der Waals surface area contributed by atoms with Crippen LogP contribution in [-0.2, 0) is 4.74 Å². The Morgan fingerprint density at radius 1 is 1.24 bits per heavy atom. The van der Waals surface area contributed by atoms with E-state index >= 15 is 0 Å². The summed E-state index contributed by atoms with van der Waals surface area (Å²) in [5.74, 6) is 0.857. The molecule has 98 valence electrons. The van der Waals surface area contributed by atoms with E-state index in [1.54, 1.807) is 0 Å². The summed E-state index contributed by atoms with van der Waals surface area (Å²) >= 11 is 0. The Morgan fingerprint density at radius 2 is 2.06 bits per heavy atom. The Bertz CT molecular complexity index is 261. The molecule has 0 bridgehead atoms. The highest BCUT2D eigenvalue weighted by molar-refractivity contribution is 5.04. The number of hydrogen-bond donors (Lipinski definition) is 1. The van der Waals surface area contributed by atoms with Gasteiger partial charge in [0.1, 0.15) is 0 Å². The number of likely N-dealkylation sites (tertiary alicyclic amines) is 1. The van der Waals surface area contributed by atoms with Gasteiger partial charge in [0.2, 0.25) is 0 Å². The average Bonchev–Trinajstić information content (AvgIpc) is 2.73. The Kier molecular flexibility index (Phi) is 3.42. The lowest BCUT2D eigenvalue weighted by Crippen LogP contribution is -2.62. The Morgan fingerprint density at radius 3 is 2.76 bits per heavy atom. The molecular formula is C14H26N2O. The summed E-state index contributed by atoms with van der Waals surface area (Å²) in [6.07, 6.45) is 8.33. The second-order valence-electron chi connectivity index (χ2n) is 6.23. The van der Waals surface area contributed by atoms with Crippen molar-refractivity contribution in [3.8, 4) is 0 Å². The smallest absolute Gasteiger partial charge is 0.0976 e. The second-order valence-corrected chi connectivity index (χ2v) is 6.23. The van der Waals surface area contributed by atoms with Crippen LogP contribution in [0.5, 0.6) is 0 Å². The van der Waals surface area contributed by atoms with Crippen LogP contribution in [-0.4, -0.2) is 49.8 Å². The van der Waals surface area contributed by atoms with E-state index in [0.717, 1.165) is 25.6 Å². The number of rotatable bonds is 1. The van der Waals surface area contributed by atoms with Gasteiger partial charge >= 0.3 is 0 Å². The summed E-state index contributed by atoms with van der Waals surface area (Å²) in [6.45, 7) is 4.27. The minimum atomic E-state index is 0.134. The van der Waals surface area contributed by atoms with Gasteiger partial charge in [0, 0.05) is 25.7 Å². The van der Waals surface area contributed by atoms with Gasteiger partial charge in [-0.3, -0.25) is 0 Å². The van der Waals surface area contributed by atoms with Crippen LogP contribution in [0.4, 0.5) is 0 Å². The van der Waals surface area contributed by atoms with Gasteiger partial charge < -0.3 is 15.0 Å². The van der Waals surface area contributed by atoms with Gasteiger partial charge in [0.25, 0.3) is 0 Å². The molecule has 17 heavy (non-hydrogen) atoms. The summed E-state index contributed by atoms with van der Waals surface area (Å²) in [5, 5.41) is 3.79. The van der Waals surface area contributed by atoms with Crippen molar-refractivity contribution in [2.75, 3.05) is 33.3 Å². The van der Waals surface area contributed by atoms with Crippen molar-refractivity contribution in [3.05, 3.63) is 0 Å². The highest BCUT2D eigenvalue weighted by Crippen LogP contribution is 2.38. The molecule has 0 aromatic rings. The number of hydrogen-bond acceptors (Lipinski definition) is 3. The molecular weight excluding hydrogens is 212 g/mol. The van der Waals surface area contributed by atoms with E-state index in [0.29, 0.717) is 6.04 Å². The van der Waals surface area contributed by atoms with E-state index in [2.05, 4.69) is 17.3 Å². The van der Waals surface area contributed by atoms with Crippen LogP contribution in [0.15, 0.2) is 0 Å². The maximum atomic E-state index is 6.26. The van der Waals surface area contributed by atoms with Gasteiger partial charge in [0.05, 0.1) is 12.2 Å². The zero-order chi connectivity index (χ0) is 11.7. The van der Waals surface area contributed by atoms with E-state index in [1.807, 2.05) is 0 Å². The SMILES string of the molecule is CN1CCC2(C1)OCCNC2C1CCCCC1. The largest absolute Gasteiger partial charge is 0.371 e. The maximum Gasteiger partial charge on any atom is 0.0976 e. The van der Waals surface area contributed by atoms with Crippen molar-refractivity contribution in [1.82, 2.24) is 10.2 Å². The molecule has 1 N–H and O–H groups in total. The molecule has 3 fully saturated rings. The minimum absolute atomic E-state index is 0.134. The fraction of sp³-hybridized carbons (Fsp3) is 1.00. The molecule has 0 amide bonds. The van der Waals surface area contributed by atoms with Crippen LogP contribution >= 0.6 is 0 Å².